The average Bonchev–Trinajstić information content (AvgIpc) is 3.18. The Kier molecular flexibility index (Phi) is 3.91. The molecule has 0 saturated heterocycles. The van der Waals surface area contributed by atoms with Gasteiger partial charge < -0.3 is 15.2 Å². The second kappa shape index (κ2) is 6.23. The van der Waals surface area contributed by atoms with Crippen LogP contribution in [0.5, 0.6) is 0 Å². The lowest BCUT2D eigenvalue weighted by molar-refractivity contribution is 0.101. The molecular formula is C18H20N4O3. The molecule has 1 aromatic heterocycles. The second-order valence-electron chi connectivity index (χ2n) is 6.42. The molecule has 7 heteroatoms. The monoisotopic (exact) mass is 340 g/mol. The molecule has 2 N–H and O–H groups in total. The third kappa shape index (κ3) is 3.09. The van der Waals surface area contributed by atoms with Gasteiger partial charge >= 0.3 is 6.03 Å². The van der Waals surface area contributed by atoms with Crippen LogP contribution in [0.1, 0.15) is 47.5 Å². The van der Waals surface area contributed by atoms with Crippen molar-refractivity contribution in [2.75, 3.05) is 23.3 Å². The molecule has 1 aromatic carbocycles. The number of benzene rings is 1. The van der Waals surface area contributed by atoms with Gasteiger partial charge in [-0.15, -0.1) is 0 Å². The van der Waals surface area contributed by atoms with Crippen molar-refractivity contribution in [3.63, 3.8) is 0 Å². The zero-order valence-corrected chi connectivity index (χ0v) is 14.0. The van der Waals surface area contributed by atoms with Crippen molar-refractivity contribution in [3.8, 4) is 0 Å². The van der Waals surface area contributed by atoms with Crippen LogP contribution in [-0.2, 0) is 6.42 Å². The predicted octanol–water partition coefficient (Wildman–Crippen LogP) is 2.90. The van der Waals surface area contributed by atoms with E-state index in [1.807, 2.05) is 25.1 Å². The number of hydrogen-bond donors (Lipinski definition) is 2. The van der Waals surface area contributed by atoms with E-state index in [0.29, 0.717) is 24.7 Å². The van der Waals surface area contributed by atoms with Crippen LogP contribution in [0.2, 0.25) is 0 Å². The van der Waals surface area contributed by atoms with Crippen molar-refractivity contribution in [1.29, 1.82) is 0 Å². The van der Waals surface area contributed by atoms with Crippen molar-refractivity contribution in [2.24, 2.45) is 0 Å². The molecule has 3 amide bonds. The minimum atomic E-state index is -0.307. The Labute approximate surface area is 145 Å². The van der Waals surface area contributed by atoms with Crippen LogP contribution in [0.3, 0.4) is 0 Å². The van der Waals surface area contributed by atoms with Gasteiger partial charge in [-0.1, -0.05) is 11.2 Å². The first-order valence-electron chi connectivity index (χ1n) is 8.62. The molecule has 0 radical (unpaired) electrons. The zero-order chi connectivity index (χ0) is 17.4. The summed E-state index contributed by atoms with van der Waals surface area (Å²) in [5.74, 6) is 0.888. The summed E-state index contributed by atoms with van der Waals surface area (Å²) >= 11 is 0. The number of rotatable bonds is 4. The number of carbonyl (C=O) groups excluding carboxylic acids is 2. The first-order chi connectivity index (χ1) is 12.2. The molecule has 1 aliphatic heterocycles. The third-order valence-electron chi connectivity index (χ3n) is 4.55. The zero-order valence-electron chi connectivity index (χ0n) is 14.0. The molecule has 4 rings (SSSR count). The largest absolute Gasteiger partial charge is 0.360 e. The Hall–Kier alpha value is -2.83. The number of urea groups is 1. The number of amides is 3. The van der Waals surface area contributed by atoms with Gasteiger partial charge in [-0.25, -0.2) is 4.79 Å². The van der Waals surface area contributed by atoms with Crippen LogP contribution in [0, 0.1) is 0 Å². The fraction of sp³-hybridized carbons (Fsp3) is 0.389. The highest BCUT2D eigenvalue weighted by atomic mass is 16.5. The molecule has 0 unspecified atom stereocenters. The number of anilines is 2. The van der Waals surface area contributed by atoms with Gasteiger partial charge in [-0.05, 0) is 43.9 Å². The normalized spacial score (nSPS) is 15.8. The van der Waals surface area contributed by atoms with E-state index in [1.54, 1.807) is 11.0 Å². The van der Waals surface area contributed by atoms with Gasteiger partial charge in [0.05, 0.1) is 5.69 Å². The Balaban J connectivity index is 1.50. The van der Waals surface area contributed by atoms with Crippen LogP contribution in [0.25, 0.3) is 0 Å². The third-order valence-corrected chi connectivity index (χ3v) is 4.55. The smallest absolute Gasteiger partial charge is 0.321 e. The summed E-state index contributed by atoms with van der Waals surface area (Å²) in [5, 5.41) is 9.50. The number of fused-ring (bicyclic) bond motifs is 1. The highest BCUT2D eigenvalue weighted by Crippen LogP contribution is 2.40. The Bertz CT molecular complexity index is 825. The molecule has 130 valence electrons. The summed E-state index contributed by atoms with van der Waals surface area (Å²) in [4.78, 5) is 26.2. The van der Waals surface area contributed by atoms with E-state index in [0.717, 1.165) is 36.3 Å². The van der Waals surface area contributed by atoms with E-state index in [-0.39, 0.29) is 17.6 Å². The standard InChI is InChI=1S/C18H20N4O3/c1-2-19-18(24)22-8-7-11-5-6-13(9-15(11)22)20-17(23)14-10-16(25-21-14)12-3-4-12/h5-6,9-10,12H,2-4,7-8H2,1H3,(H,19,24)(H,20,23). The first kappa shape index (κ1) is 15.7. The van der Waals surface area contributed by atoms with Gasteiger partial charge in [0.2, 0.25) is 0 Å². The fourth-order valence-electron chi connectivity index (χ4n) is 3.07. The number of carbonyl (C=O) groups is 2. The summed E-state index contributed by atoms with van der Waals surface area (Å²) in [5.41, 5.74) is 2.85. The van der Waals surface area contributed by atoms with E-state index >= 15 is 0 Å². The lowest BCUT2D eigenvalue weighted by atomic mass is 10.1. The maximum Gasteiger partial charge on any atom is 0.321 e. The molecule has 1 fully saturated rings. The van der Waals surface area contributed by atoms with Crippen molar-refractivity contribution in [1.82, 2.24) is 10.5 Å². The lowest BCUT2D eigenvalue weighted by Gasteiger charge is -2.18. The number of nitrogens with zero attached hydrogens (tertiary/aromatic N) is 2. The fourth-order valence-corrected chi connectivity index (χ4v) is 3.07. The Morgan fingerprint density at radius 3 is 2.92 bits per heavy atom. The molecular weight excluding hydrogens is 320 g/mol. The topological polar surface area (TPSA) is 87.5 Å². The van der Waals surface area contributed by atoms with Gasteiger partial charge in [0, 0.05) is 30.8 Å². The second-order valence-corrected chi connectivity index (χ2v) is 6.42. The highest BCUT2D eigenvalue weighted by molar-refractivity contribution is 6.03. The van der Waals surface area contributed by atoms with E-state index < -0.39 is 0 Å². The van der Waals surface area contributed by atoms with E-state index in [2.05, 4.69) is 15.8 Å². The maximum absolute atomic E-state index is 12.4. The van der Waals surface area contributed by atoms with Crippen molar-refractivity contribution >= 4 is 23.3 Å². The predicted molar refractivity (Wildman–Crippen MR) is 93.0 cm³/mol. The van der Waals surface area contributed by atoms with Crippen molar-refractivity contribution < 1.29 is 14.1 Å². The molecule has 1 aliphatic carbocycles. The van der Waals surface area contributed by atoms with Crippen LogP contribution in [0.4, 0.5) is 16.2 Å². The summed E-state index contributed by atoms with van der Waals surface area (Å²) in [6.07, 6.45) is 3.00. The quantitative estimate of drug-likeness (QED) is 0.896. The number of aromatic nitrogens is 1. The molecule has 2 aliphatic rings. The lowest BCUT2D eigenvalue weighted by Crippen LogP contribution is -2.38. The molecule has 0 bridgehead atoms. The summed E-state index contributed by atoms with van der Waals surface area (Å²) in [6.45, 7) is 3.11. The van der Waals surface area contributed by atoms with Gasteiger partial charge in [0.25, 0.3) is 5.91 Å². The van der Waals surface area contributed by atoms with Gasteiger partial charge in [-0.2, -0.15) is 0 Å². The first-order valence-corrected chi connectivity index (χ1v) is 8.62. The molecule has 25 heavy (non-hydrogen) atoms. The molecule has 7 nitrogen and oxygen atoms in total. The van der Waals surface area contributed by atoms with Crippen LogP contribution in [-0.4, -0.2) is 30.2 Å². The van der Waals surface area contributed by atoms with E-state index in [9.17, 15) is 9.59 Å². The average molecular weight is 340 g/mol. The minimum absolute atomic E-state index is 0.115. The maximum atomic E-state index is 12.4. The van der Waals surface area contributed by atoms with E-state index in [4.69, 9.17) is 4.52 Å². The van der Waals surface area contributed by atoms with Gasteiger partial charge in [0.1, 0.15) is 5.76 Å². The molecule has 0 atom stereocenters. The summed E-state index contributed by atoms with van der Waals surface area (Å²) in [7, 11) is 0. The van der Waals surface area contributed by atoms with Crippen LogP contribution in [0.15, 0.2) is 28.8 Å². The number of hydrogen-bond acceptors (Lipinski definition) is 4. The Morgan fingerprint density at radius 1 is 1.32 bits per heavy atom. The van der Waals surface area contributed by atoms with Crippen molar-refractivity contribution in [2.45, 2.75) is 32.1 Å². The Morgan fingerprint density at radius 2 is 2.16 bits per heavy atom. The van der Waals surface area contributed by atoms with Crippen LogP contribution < -0.4 is 15.5 Å². The molecule has 0 spiro atoms. The molecule has 1 saturated carbocycles. The molecule has 2 aromatic rings. The minimum Gasteiger partial charge on any atom is -0.360 e. The summed E-state index contributed by atoms with van der Waals surface area (Å²) in [6, 6.07) is 7.22. The van der Waals surface area contributed by atoms with Crippen molar-refractivity contribution in [3.05, 3.63) is 41.3 Å². The summed E-state index contributed by atoms with van der Waals surface area (Å²) < 4.78 is 5.22. The number of nitrogens with one attached hydrogen (secondary N) is 2. The van der Waals surface area contributed by atoms with Crippen LogP contribution >= 0.6 is 0 Å². The van der Waals surface area contributed by atoms with Gasteiger partial charge in [-0.3, -0.25) is 9.69 Å². The van der Waals surface area contributed by atoms with Gasteiger partial charge in [0.15, 0.2) is 5.69 Å². The molecule has 2 heterocycles. The van der Waals surface area contributed by atoms with E-state index in [1.165, 1.54) is 0 Å². The SMILES string of the molecule is CCNC(=O)N1CCc2ccc(NC(=O)c3cc(C4CC4)on3)cc21. The highest BCUT2D eigenvalue weighted by Gasteiger charge is 2.29.